The van der Waals surface area contributed by atoms with Crippen molar-refractivity contribution in [1.82, 2.24) is 4.90 Å². The normalized spacial score (nSPS) is 30.7. The van der Waals surface area contributed by atoms with Crippen LogP contribution in [0.25, 0.3) is 0 Å². The highest BCUT2D eigenvalue weighted by atomic mass is 35.5. The van der Waals surface area contributed by atoms with Gasteiger partial charge in [-0.15, -0.1) is 11.6 Å². The summed E-state index contributed by atoms with van der Waals surface area (Å²) in [4.78, 5) is 2.67. The van der Waals surface area contributed by atoms with E-state index in [9.17, 15) is 0 Å². The van der Waals surface area contributed by atoms with Crippen molar-refractivity contribution in [2.75, 3.05) is 25.5 Å². The molecular formula is C11H20ClN. The molecule has 1 saturated carbocycles. The van der Waals surface area contributed by atoms with Gasteiger partial charge in [0.05, 0.1) is 0 Å². The molecule has 0 spiro atoms. The molecule has 0 bridgehead atoms. The highest BCUT2D eigenvalue weighted by molar-refractivity contribution is 6.17. The van der Waals surface area contributed by atoms with Crippen LogP contribution in [0.1, 0.15) is 32.1 Å². The summed E-state index contributed by atoms with van der Waals surface area (Å²) in [5, 5.41) is 0. The van der Waals surface area contributed by atoms with Gasteiger partial charge in [0, 0.05) is 19.0 Å². The van der Waals surface area contributed by atoms with Crippen LogP contribution in [0.3, 0.4) is 0 Å². The third-order valence-corrected chi connectivity index (χ3v) is 3.55. The molecule has 1 heterocycles. The number of hydrogen-bond donors (Lipinski definition) is 0. The standard InChI is InChI=1S/C11H20ClN/c12-6-5-10-2-1-7-13(8-10)9-11-3-4-11/h10-11H,1-9H2. The van der Waals surface area contributed by atoms with Gasteiger partial charge in [-0.05, 0) is 50.5 Å². The molecular weight excluding hydrogens is 182 g/mol. The van der Waals surface area contributed by atoms with Crippen molar-refractivity contribution in [3.63, 3.8) is 0 Å². The minimum absolute atomic E-state index is 0.849. The van der Waals surface area contributed by atoms with Crippen molar-refractivity contribution in [3.8, 4) is 0 Å². The van der Waals surface area contributed by atoms with Gasteiger partial charge in [-0.3, -0.25) is 0 Å². The van der Waals surface area contributed by atoms with Crippen molar-refractivity contribution in [1.29, 1.82) is 0 Å². The molecule has 2 heteroatoms. The molecule has 1 unspecified atom stereocenters. The van der Waals surface area contributed by atoms with E-state index in [0.29, 0.717) is 0 Å². The average molecular weight is 202 g/mol. The van der Waals surface area contributed by atoms with Crippen LogP contribution in [0.2, 0.25) is 0 Å². The lowest BCUT2D eigenvalue weighted by molar-refractivity contribution is 0.166. The van der Waals surface area contributed by atoms with Crippen LogP contribution in [0, 0.1) is 11.8 Å². The zero-order chi connectivity index (χ0) is 9.10. The van der Waals surface area contributed by atoms with Gasteiger partial charge in [-0.1, -0.05) is 0 Å². The zero-order valence-corrected chi connectivity index (χ0v) is 9.10. The summed E-state index contributed by atoms with van der Waals surface area (Å²) in [5.74, 6) is 2.79. The maximum Gasteiger partial charge on any atom is 0.0226 e. The summed E-state index contributed by atoms with van der Waals surface area (Å²) in [6.07, 6.45) is 7.00. The molecule has 2 aliphatic rings. The van der Waals surface area contributed by atoms with Gasteiger partial charge in [-0.2, -0.15) is 0 Å². The highest BCUT2D eigenvalue weighted by Gasteiger charge is 2.27. The average Bonchev–Trinajstić information content (AvgIpc) is 2.90. The summed E-state index contributed by atoms with van der Waals surface area (Å²) in [6, 6.07) is 0. The van der Waals surface area contributed by atoms with Gasteiger partial charge in [0.25, 0.3) is 0 Å². The summed E-state index contributed by atoms with van der Waals surface area (Å²) in [7, 11) is 0. The lowest BCUT2D eigenvalue weighted by Gasteiger charge is -2.32. The number of alkyl halides is 1. The first-order valence-electron chi connectivity index (χ1n) is 5.67. The third kappa shape index (κ3) is 3.14. The number of rotatable bonds is 4. The number of hydrogen-bond acceptors (Lipinski definition) is 1. The maximum absolute atomic E-state index is 5.78. The van der Waals surface area contributed by atoms with Crippen LogP contribution in [-0.2, 0) is 0 Å². The molecule has 1 aliphatic carbocycles. The molecule has 2 fully saturated rings. The lowest BCUT2D eigenvalue weighted by atomic mass is 9.95. The Morgan fingerprint density at radius 1 is 1.15 bits per heavy atom. The largest absolute Gasteiger partial charge is 0.303 e. The first-order chi connectivity index (χ1) is 6.38. The van der Waals surface area contributed by atoms with Crippen LogP contribution in [-0.4, -0.2) is 30.4 Å². The molecule has 13 heavy (non-hydrogen) atoms. The summed E-state index contributed by atoms with van der Waals surface area (Å²) in [6.45, 7) is 4.04. The Labute approximate surface area is 86.4 Å². The molecule has 1 saturated heterocycles. The Morgan fingerprint density at radius 2 is 2.00 bits per heavy atom. The molecule has 0 radical (unpaired) electrons. The van der Waals surface area contributed by atoms with Crippen LogP contribution in [0.5, 0.6) is 0 Å². The van der Waals surface area contributed by atoms with E-state index in [0.717, 1.165) is 17.7 Å². The van der Waals surface area contributed by atoms with Crippen molar-refractivity contribution < 1.29 is 0 Å². The fourth-order valence-electron chi connectivity index (χ4n) is 2.37. The van der Waals surface area contributed by atoms with Crippen molar-refractivity contribution >= 4 is 11.6 Å². The zero-order valence-electron chi connectivity index (χ0n) is 8.34. The van der Waals surface area contributed by atoms with E-state index in [1.54, 1.807) is 0 Å². The van der Waals surface area contributed by atoms with Gasteiger partial charge >= 0.3 is 0 Å². The minimum atomic E-state index is 0.849. The molecule has 1 aliphatic heterocycles. The summed E-state index contributed by atoms with van der Waals surface area (Å²) >= 11 is 5.78. The van der Waals surface area contributed by atoms with Gasteiger partial charge in [0.15, 0.2) is 0 Å². The third-order valence-electron chi connectivity index (χ3n) is 3.33. The van der Waals surface area contributed by atoms with Gasteiger partial charge in [0.2, 0.25) is 0 Å². The van der Waals surface area contributed by atoms with E-state index < -0.39 is 0 Å². The van der Waals surface area contributed by atoms with Crippen LogP contribution < -0.4 is 0 Å². The van der Waals surface area contributed by atoms with E-state index >= 15 is 0 Å². The molecule has 0 aromatic heterocycles. The Morgan fingerprint density at radius 3 is 2.69 bits per heavy atom. The predicted octanol–water partition coefficient (Wildman–Crippen LogP) is 2.74. The second-order valence-electron chi connectivity index (χ2n) is 4.69. The Kier molecular flexibility index (Phi) is 3.51. The Bertz CT molecular complexity index is 154. The molecule has 2 rings (SSSR count). The topological polar surface area (TPSA) is 3.24 Å². The quantitative estimate of drug-likeness (QED) is 0.633. The van der Waals surface area contributed by atoms with Crippen molar-refractivity contribution in [2.45, 2.75) is 32.1 Å². The number of nitrogens with zero attached hydrogens (tertiary/aromatic N) is 1. The highest BCUT2D eigenvalue weighted by Crippen LogP contribution is 2.31. The van der Waals surface area contributed by atoms with Gasteiger partial charge in [0.1, 0.15) is 0 Å². The van der Waals surface area contributed by atoms with Crippen LogP contribution in [0.15, 0.2) is 0 Å². The van der Waals surface area contributed by atoms with E-state index in [2.05, 4.69) is 4.90 Å². The molecule has 0 aromatic rings. The summed E-state index contributed by atoms with van der Waals surface area (Å²) in [5.41, 5.74) is 0. The minimum Gasteiger partial charge on any atom is -0.303 e. The molecule has 1 atom stereocenters. The van der Waals surface area contributed by atoms with E-state index in [-0.39, 0.29) is 0 Å². The van der Waals surface area contributed by atoms with Crippen LogP contribution >= 0.6 is 11.6 Å². The van der Waals surface area contributed by atoms with E-state index in [1.807, 2.05) is 0 Å². The second kappa shape index (κ2) is 4.65. The first kappa shape index (κ1) is 9.79. The van der Waals surface area contributed by atoms with E-state index in [1.165, 1.54) is 51.7 Å². The first-order valence-corrected chi connectivity index (χ1v) is 6.20. The maximum atomic E-state index is 5.78. The SMILES string of the molecule is ClCCC1CCCN(CC2CC2)C1. The second-order valence-corrected chi connectivity index (χ2v) is 5.07. The van der Waals surface area contributed by atoms with Crippen LogP contribution in [0.4, 0.5) is 0 Å². The lowest BCUT2D eigenvalue weighted by Crippen LogP contribution is -2.36. The molecule has 0 aromatic carbocycles. The number of piperidine rings is 1. The fraction of sp³-hybridized carbons (Fsp3) is 1.00. The van der Waals surface area contributed by atoms with E-state index in [4.69, 9.17) is 11.6 Å². The van der Waals surface area contributed by atoms with Gasteiger partial charge in [-0.25, -0.2) is 0 Å². The number of likely N-dealkylation sites (tertiary alicyclic amines) is 1. The van der Waals surface area contributed by atoms with Crippen molar-refractivity contribution in [3.05, 3.63) is 0 Å². The van der Waals surface area contributed by atoms with Crippen molar-refractivity contribution in [2.24, 2.45) is 11.8 Å². The molecule has 0 amide bonds. The smallest absolute Gasteiger partial charge is 0.0226 e. The van der Waals surface area contributed by atoms with Gasteiger partial charge < -0.3 is 4.90 Å². The Balaban J connectivity index is 1.70. The monoisotopic (exact) mass is 201 g/mol. The summed E-state index contributed by atoms with van der Waals surface area (Å²) < 4.78 is 0. The molecule has 76 valence electrons. The predicted molar refractivity (Wildman–Crippen MR) is 57.2 cm³/mol. The number of halogens is 1. The Hall–Kier alpha value is 0.250. The molecule has 1 nitrogen and oxygen atoms in total. The molecule has 0 N–H and O–H groups in total. The fourth-order valence-corrected chi connectivity index (χ4v) is 2.68.